The summed E-state index contributed by atoms with van der Waals surface area (Å²) in [4.78, 5) is 22.7. The van der Waals surface area contributed by atoms with Crippen molar-refractivity contribution >= 4 is 23.4 Å². The van der Waals surface area contributed by atoms with Gasteiger partial charge in [-0.15, -0.1) is 0 Å². The van der Waals surface area contributed by atoms with E-state index in [0.29, 0.717) is 13.0 Å². The average molecular weight is 419 g/mol. The number of thioether (sulfide) groups is 1. The van der Waals surface area contributed by atoms with E-state index in [1.165, 1.54) is 17.3 Å². The predicted octanol–water partition coefficient (Wildman–Crippen LogP) is 4.96. The highest BCUT2D eigenvalue weighted by molar-refractivity contribution is 7.99. The highest BCUT2D eigenvalue weighted by atomic mass is 32.2. The molecule has 0 atom stereocenters. The first-order valence-corrected chi connectivity index (χ1v) is 10.9. The van der Waals surface area contributed by atoms with Crippen LogP contribution in [0.1, 0.15) is 34.5 Å². The minimum atomic E-state index is -0.0288. The maximum absolute atomic E-state index is 13.0. The zero-order valence-electron chi connectivity index (χ0n) is 17.6. The number of amides is 1. The quantitative estimate of drug-likeness (QED) is 0.525. The number of nitrogens with zero attached hydrogens (tertiary/aromatic N) is 3. The normalized spacial score (nSPS) is 10.6. The number of hydrogen-bond donors (Lipinski definition) is 1. The van der Waals surface area contributed by atoms with Gasteiger partial charge in [-0.05, 0) is 49.6 Å². The first-order valence-electron chi connectivity index (χ1n) is 9.94. The molecule has 3 rings (SSSR count). The van der Waals surface area contributed by atoms with Gasteiger partial charge >= 0.3 is 0 Å². The fourth-order valence-corrected chi connectivity index (χ4v) is 4.19. The minimum absolute atomic E-state index is 0.0288. The van der Waals surface area contributed by atoms with Gasteiger partial charge in [0.1, 0.15) is 0 Å². The first kappa shape index (κ1) is 21.7. The molecule has 0 aliphatic rings. The van der Waals surface area contributed by atoms with Crippen molar-refractivity contribution < 1.29 is 4.79 Å². The summed E-state index contributed by atoms with van der Waals surface area (Å²) in [5.74, 6) is 0.231. The molecular weight excluding hydrogens is 392 g/mol. The molecule has 1 amide bonds. The first-order chi connectivity index (χ1) is 14.5. The number of rotatable bonds is 8. The Labute approximate surface area is 182 Å². The molecule has 154 valence electrons. The molecule has 5 nitrogen and oxygen atoms in total. The van der Waals surface area contributed by atoms with Crippen LogP contribution < -0.4 is 4.90 Å². The van der Waals surface area contributed by atoms with Crippen molar-refractivity contribution in [1.82, 2.24) is 9.97 Å². The van der Waals surface area contributed by atoms with Gasteiger partial charge in [-0.1, -0.05) is 48.2 Å². The monoisotopic (exact) mass is 418 g/mol. The maximum atomic E-state index is 13.0. The van der Waals surface area contributed by atoms with Crippen LogP contribution in [0.15, 0.2) is 53.7 Å². The van der Waals surface area contributed by atoms with E-state index in [9.17, 15) is 4.79 Å². The number of anilines is 1. The fourth-order valence-electron chi connectivity index (χ4n) is 3.37. The van der Waals surface area contributed by atoms with E-state index in [2.05, 4.69) is 34.2 Å². The Hall–Kier alpha value is -3.04. The number of imidazole rings is 1. The molecule has 6 heteroatoms. The van der Waals surface area contributed by atoms with E-state index >= 15 is 0 Å². The Bertz CT molecular complexity index is 1030. The van der Waals surface area contributed by atoms with E-state index in [4.69, 9.17) is 5.26 Å². The number of nitriles is 1. The average Bonchev–Trinajstić information content (AvgIpc) is 3.06. The van der Waals surface area contributed by atoms with Crippen molar-refractivity contribution in [2.45, 2.75) is 38.8 Å². The highest BCUT2D eigenvalue weighted by Crippen LogP contribution is 2.23. The number of aromatic amines is 1. The van der Waals surface area contributed by atoms with Crippen LogP contribution in [0.25, 0.3) is 0 Å². The van der Waals surface area contributed by atoms with Gasteiger partial charge in [0.05, 0.1) is 23.9 Å². The van der Waals surface area contributed by atoms with Gasteiger partial charge in [-0.3, -0.25) is 4.79 Å². The van der Waals surface area contributed by atoms with E-state index in [0.717, 1.165) is 39.8 Å². The number of nitrogens with one attached hydrogen (secondary N) is 1. The topological polar surface area (TPSA) is 72.8 Å². The second kappa shape index (κ2) is 10.1. The molecule has 1 aromatic heterocycles. The van der Waals surface area contributed by atoms with Crippen LogP contribution in [-0.2, 0) is 11.2 Å². The summed E-state index contributed by atoms with van der Waals surface area (Å²) in [6.07, 6.45) is 1.05. The van der Waals surface area contributed by atoms with Gasteiger partial charge in [0.15, 0.2) is 5.16 Å². The van der Waals surface area contributed by atoms with Crippen LogP contribution in [0.2, 0.25) is 0 Å². The lowest BCUT2D eigenvalue weighted by atomic mass is 10.1. The lowest BCUT2D eigenvalue weighted by molar-refractivity contribution is -0.116. The van der Waals surface area contributed by atoms with Gasteiger partial charge in [-0.2, -0.15) is 5.26 Å². The van der Waals surface area contributed by atoms with Crippen molar-refractivity contribution in [3.63, 3.8) is 0 Å². The van der Waals surface area contributed by atoms with Crippen molar-refractivity contribution in [1.29, 1.82) is 5.26 Å². The Morgan fingerprint density at radius 3 is 2.50 bits per heavy atom. The molecule has 0 radical (unpaired) electrons. The number of hydrogen-bond acceptors (Lipinski definition) is 4. The molecule has 1 N–H and O–H groups in total. The second-order valence-electron chi connectivity index (χ2n) is 7.36. The van der Waals surface area contributed by atoms with Crippen LogP contribution in [0.4, 0.5) is 5.69 Å². The molecule has 0 aliphatic carbocycles. The number of benzene rings is 2. The van der Waals surface area contributed by atoms with Gasteiger partial charge in [-0.25, -0.2) is 4.98 Å². The van der Waals surface area contributed by atoms with E-state index in [1.54, 1.807) is 4.90 Å². The number of aromatic nitrogens is 2. The van der Waals surface area contributed by atoms with Crippen LogP contribution >= 0.6 is 11.8 Å². The van der Waals surface area contributed by atoms with E-state index in [-0.39, 0.29) is 11.7 Å². The fraction of sp³-hybridized carbons (Fsp3) is 0.292. The van der Waals surface area contributed by atoms with Gasteiger partial charge < -0.3 is 9.88 Å². The third kappa shape index (κ3) is 5.74. The van der Waals surface area contributed by atoms with Crippen molar-refractivity contribution in [3.05, 3.63) is 76.6 Å². The largest absolute Gasteiger partial charge is 0.337 e. The molecular formula is C24H26N4OS. The molecule has 0 saturated heterocycles. The van der Waals surface area contributed by atoms with Crippen LogP contribution in [-0.4, -0.2) is 28.2 Å². The van der Waals surface area contributed by atoms with E-state index < -0.39 is 0 Å². The standard InChI is InChI=1S/C24H26N4OS/c1-17-12-18(2)14-21(13-17)28(11-7-10-25)23(29)16-30-24-26-19(3)22(27-24)15-20-8-5-4-6-9-20/h4-6,8-9,12-14H,7,11,15-16H2,1-3H3,(H,26,27). The van der Waals surface area contributed by atoms with Crippen molar-refractivity contribution in [2.75, 3.05) is 17.2 Å². The number of carbonyl (C=O) groups is 1. The summed E-state index contributed by atoms with van der Waals surface area (Å²) in [7, 11) is 0. The lowest BCUT2D eigenvalue weighted by Gasteiger charge is -2.22. The third-order valence-electron chi connectivity index (χ3n) is 4.78. The third-order valence-corrected chi connectivity index (χ3v) is 5.64. The zero-order chi connectivity index (χ0) is 21.5. The van der Waals surface area contributed by atoms with Crippen LogP contribution in [0, 0.1) is 32.1 Å². The summed E-state index contributed by atoms with van der Waals surface area (Å²) in [6, 6.07) is 18.4. The molecule has 3 aromatic rings. The number of aryl methyl sites for hydroxylation is 3. The molecule has 2 aromatic carbocycles. The molecule has 0 bridgehead atoms. The zero-order valence-corrected chi connectivity index (χ0v) is 18.4. The molecule has 0 saturated carbocycles. The summed E-state index contributed by atoms with van der Waals surface area (Å²) < 4.78 is 0. The summed E-state index contributed by atoms with van der Waals surface area (Å²) >= 11 is 1.40. The van der Waals surface area contributed by atoms with Crippen LogP contribution in [0.3, 0.4) is 0 Å². The number of H-pyrrole nitrogens is 1. The number of carbonyl (C=O) groups excluding carboxylic acids is 1. The summed E-state index contributed by atoms with van der Waals surface area (Å²) in [5, 5.41) is 9.75. The molecule has 0 spiro atoms. The Morgan fingerprint density at radius 2 is 1.83 bits per heavy atom. The predicted molar refractivity (Wildman–Crippen MR) is 122 cm³/mol. The van der Waals surface area contributed by atoms with Gasteiger partial charge in [0.25, 0.3) is 0 Å². The lowest BCUT2D eigenvalue weighted by Crippen LogP contribution is -2.33. The smallest absolute Gasteiger partial charge is 0.237 e. The Kier molecular flexibility index (Phi) is 7.31. The summed E-state index contributed by atoms with van der Waals surface area (Å²) in [6.45, 7) is 6.41. The SMILES string of the molecule is Cc1cc(C)cc(N(CCC#N)C(=O)CSc2nc(Cc3ccccc3)c(C)[nH]2)c1. The van der Waals surface area contributed by atoms with Crippen molar-refractivity contribution in [2.24, 2.45) is 0 Å². The Morgan fingerprint density at radius 1 is 1.13 bits per heavy atom. The molecule has 30 heavy (non-hydrogen) atoms. The van der Waals surface area contributed by atoms with Gasteiger partial charge in [0, 0.05) is 24.3 Å². The molecule has 1 heterocycles. The van der Waals surface area contributed by atoms with Crippen molar-refractivity contribution in [3.8, 4) is 6.07 Å². The maximum Gasteiger partial charge on any atom is 0.237 e. The van der Waals surface area contributed by atoms with Gasteiger partial charge in [0.2, 0.25) is 5.91 Å². The summed E-state index contributed by atoms with van der Waals surface area (Å²) in [5.41, 5.74) is 6.25. The van der Waals surface area contributed by atoms with E-state index in [1.807, 2.05) is 51.1 Å². The highest BCUT2D eigenvalue weighted by Gasteiger charge is 2.18. The molecule has 0 aliphatic heterocycles. The molecule has 0 unspecified atom stereocenters. The minimum Gasteiger partial charge on any atom is -0.337 e. The Balaban J connectivity index is 1.69. The van der Waals surface area contributed by atoms with Crippen LogP contribution in [0.5, 0.6) is 0 Å². The molecule has 0 fully saturated rings. The second-order valence-corrected chi connectivity index (χ2v) is 8.33.